The van der Waals surface area contributed by atoms with Crippen molar-refractivity contribution in [3.05, 3.63) is 0 Å². The second-order valence-corrected chi connectivity index (χ2v) is 4.67. The minimum absolute atomic E-state index is 0.114. The Hall–Kier alpha value is -0.570. The van der Waals surface area contributed by atoms with Crippen LogP contribution in [-0.2, 0) is 4.79 Å². The van der Waals surface area contributed by atoms with Gasteiger partial charge >= 0.3 is 5.97 Å². The minimum atomic E-state index is -0.627. The highest BCUT2D eigenvalue weighted by Gasteiger charge is 2.36. The predicted molar refractivity (Wildman–Crippen MR) is 54.1 cm³/mol. The highest BCUT2D eigenvalue weighted by atomic mass is 16.4. The zero-order valence-electron chi connectivity index (χ0n) is 8.54. The maximum Gasteiger partial charge on any atom is 0.308 e. The molecule has 0 heterocycles. The van der Waals surface area contributed by atoms with E-state index in [1.54, 1.807) is 0 Å². The van der Waals surface area contributed by atoms with Crippen LogP contribution in [0.25, 0.3) is 0 Å². The van der Waals surface area contributed by atoms with E-state index in [1.165, 1.54) is 25.7 Å². The summed E-state index contributed by atoms with van der Waals surface area (Å²) in [4.78, 5) is 10.7. The quantitative estimate of drug-likeness (QED) is 0.704. The van der Waals surface area contributed by atoms with E-state index >= 15 is 0 Å². The van der Waals surface area contributed by atoms with Crippen molar-refractivity contribution in [3.63, 3.8) is 0 Å². The Morgan fingerprint density at radius 2 is 2.07 bits per heavy atom. The molecule has 14 heavy (non-hydrogen) atoms. The van der Waals surface area contributed by atoms with E-state index in [1.807, 2.05) is 0 Å². The molecule has 2 unspecified atom stereocenters. The van der Waals surface area contributed by atoms with Crippen molar-refractivity contribution in [2.24, 2.45) is 11.8 Å². The van der Waals surface area contributed by atoms with E-state index in [9.17, 15) is 4.79 Å². The summed E-state index contributed by atoms with van der Waals surface area (Å²) in [6.07, 6.45) is 7.30. The van der Waals surface area contributed by atoms with Crippen LogP contribution in [0.15, 0.2) is 0 Å². The molecule has 0 aromatic rings. The molecule has 0 bridgehead atoms. The number of carboxylic acid groups (broad SMARTS) is 1. The Morgan fingerprint density at radius 3 is 2.50 bits per heavy atom. The maximum absolute atomic E-state index is 10.7. The van der Waals surface area contributed by atoms with E-state index in [0.717, 1.165) is 25.3 Å². The molecule has 2 atom stereocenters. The number of rotatable bonds is 5. The molecule has 0 aromatic heterocycles. The third kappa shape index (κ3) is 2.08. The first-order valence-electron chi connectivity index (χ1n) is 5.73. The largest absolute Gasteiger partial charge is 0.481 e. The van der Waals surface area contributed by atoms with E-state index < -0.39 is 5.97 Å². The summed E-state index contributed by atoms with van der Waals surface area (Å²) in [6.45, 7) is 1.01. The van der Waals surface area contributed by atoms with Crippen LogP contribution in [0.1, 0.15) is 38.5 Å². The van der Waals surface area contributed by atoms with E-state index in [4.69, 9.17) is 5.11 Å². The fraction of sp³-hybridized carbons (Fsp3) is 0.909. The average molecular weight is 197 g/mol. The molecular weight excluding hydrogens is 178 g/mol. The zero-order valence-corrected chi connectivity index (χ0v) is 8.54. The topological polar surface area (TPSA) is 49.3 Å². The first kappa shape index (κ1) is 9.97. The summed E-state index contributed by atoms with van der Waals surface area (Å²) in [5, 5.41) is 12.2. The molecule has 2 saturated carbocycles. The van der Waals surface area contributed by atoms with Crippen molar-refractivity contribution in [2.75, 3.05) is 6.54 Å². The molecule has 2 aliphatic carbocycles. The van der Waals surface area contributed by atoms with Crippen molar-refractivity contribution in [3.8, 4) is 0 Å². The second kappa shape index (κ2) is 4.30. The SMILES string of the molecule is O=C(O)C1CCC1NCCC1CCC1. The van der Waals surface area contributed by atoms with Crippen LogP contribution >= 0.6 is 0 Å². The number of carbonyl (C=O) groups is 1. The van der Waals surface area contributed by atoms with Gasteiger partial charge in [-0.3, -0.25) is 4.79 Å². The second-order valence-electron chi connectivity index (χ2n) is 4.67. The van der Waals surface area contributed by atoms with Gasteiger partial charge < -0.3 is 10.4 Å². The van der Waals surface area contributed by atoms with Crippen molar-refractivity contribution >= 4 is 5.97 Å². The highest BCUT2D eigenvalue weighted by molar-refractivity contribution is 5.72. The van der Waals surface area contributed by atoms with Crippen molar-refractivity contribution in [1.29, 1.82) is 0 Å². The van der Waals surface area contributed by atoms with Crippen LogP contribution in [-0.4, -0.2) is 23.7 Å². The zero-order chi connectivity index (χ0) is 9.97. The molecule has 2 fully saturated rings. The van der Waals surface area contributed by atoms with Gasteiger partial charge in [-0.1, -0.05) is 19.3 Å². The molecule has 80 valence electrons. The number of carboxylic acids is 1. The summed E-state index contributed by atoms with van der Waals surface area (Å²) in [5.74, 6) is 0.180. The molecule has 0 spiro atoms. The average Bonchev–Trinajstić information content (AvgIpc) is 1.97. The Balaban J connectivity index is 1.58. The van der Waals surface area contributed by atoms with Crippen LogP contribution in [0.2, 0.25) is 0 Å². The molecular formula is C11H19NO2. The van der Waals surface area contributed by atoms with Gasteiger partial charge in [-0.15, -0.1) is 0 Å². The van der Waals surface area contributed by atoms with Gasteiger partial charge in [-0.05, 0) is 31.7 Å². The summed E-state index contributed by atoms with van der Waals surface area (Å²) in [5.41, 5.74) is 0. The Bertz CT molecular complexity index is 213. The highest BCUT2D eigenvalue weighted by Crippen LogP contribution is 2.30. The molecule has 2 N–H and O–H groups in total. The predicted octanol–water partition coefficient (Wildman–Crippen LogP) is 1.63. The van der Waals surface area contributed by atoms with Gasteiger partial charge in [0.15, 0.2) is 0 Å². The Kier molecular flexibility index (Phi) is 3.06. The van der Waals surface area contributed by atoms with Crippen LogP contribution in [0, 0.1) is 11.8 Å². The van der Waals surface area contributed by atoms with Gasteiger partial charge in [-0.25, -0.2) is 0 Å². The molecule has 2 rings (SSSR count). The molecule has 0 saturated heterocycles. The van der Waals surface area contributed by atoms with Gasteiger partial charge in [-0.2, -0.15) is 0 Å². The lowest BCUT2D eigenvalue weighted by Crippen LogP contribution is -2.48. The van der Waals surface area contributed by atoms with Gasteiger partial charge in [0.25, 0.3) is 0 Å². The maximum atomic E-state index is 10.7. The van der Waals surface area contributed by atoms with E-state index in [0.29, 0.717) is 0 Å². The van der Waals surface area contributed by atoms with Crippen LogP contribution < -0.4 is 5.32 Å². The van der Waals surface area contributed by atoms with Crippen molar-refractivity contribution < 1.29 is 9.90 Å². The fourth-order valence-electron chi connectivity index (χ4n) is 2.29. The summed E-state index contributed by atoms with van der Waals surface area (Å²) in [6, 6.07) is 0.257. The number of aliphatic carboxylic acids is 1. The van der Waals surface area contributed by atoms with Crippen molar-refractivity contribution in [2.45, 2.75) is 44.6 Å². The van der Waals surface area contributed by atoms with Gasteiger partial charge in [0.05, 0.1) is 5.92 Å². The third-order valence-corrected chi connectivity index (χ3v) is 3.78. The molecule has 3 heteroatoms. The molecule has 0 amide bonds. The number of nitrogens with one attached hydrogen (secondary N) is 1. The minimum Gasteiger partial charge on any atom is -0.481 e. The smallest absolute Gasteiger partial charge is 0.308 e. The lowest BCUT2D eigenvalue weighted by molar-refractivity contribution is -0.146. The standard InChI is InChI=1S/C11H19NO2/c13-11(14)9-4-5-10(9)12-7-6-8-2-1-3-8/h8-10,12H,1-7H2,(H,13,14). The van der Waals surface area contributed by atoms with E-state index in [2.05, 4.69) is 5.32 Å². The third-order valence-electron chi connectivity index (χ3n) is 3.78. The van der Waals surface area contributed by atoms with Crippen LogP contribution in [0.5, 0.6) is 0 Å². The molecule has 2 aliphatic rings. The number of hydrogen-bond acceptors (Lipinski definition) is 2. The molecule has 0 radical (unpaired) electrons. The van der Waals surface area contributed by atoms with Gasteiger partial charge in [0.2, 0.25) is 0 Å². The lowest BCUT2D eigenvalue weighted by Gasteiger charge is -2.35. The molecule has 3 nitrogen and oxygen atoms in total. The van der Waals surface area contributed by atoms with E-state index in [-0.39, 0.29) is 12.0 Å². The Morgan fingerprint density at radius 1 is 1.29 bits per heavy atom. The van der Waals surface area contributed by atoms with Crippen molar-refractivity contribution in [1.82, 2.24) is 5.32 Å². The van der Waals surface area contributed by atoms with Gasteiger partial charge in [0, 0.05) is 6.04 Å². The summed E-state index contributed by atoms with van der Waals surface area (Å²) >= 11 is 0. The molecule has 0 aromatic carbocycles. The monoisotopic (exact) mass is 197 g/mol. The summed E-state index contributed by atoms with van der Waals surface area (Å²) in [7, 11) is 0. The Labute approximate surface area is 84.9 Å². The first-order chi connectivity index (χ1) is 6.77. The normalized spacial score (nSPS) is 32.0. The fourth-order valence-corrected chi connectivity index (χ4v) is 2.29. The summed E-state index contributed by atoms with van der Waals surface area (Å²) < 4.78 is 0. The van der Waals surface area contributed by atoms with Gasteiger partial charge in [0.1, 0.15) is 0 Å². The van der Waals surface area contributed by atoms with Crippen LogP contribution in [0.4, 0.5) is 0 Å². The number of hydrogen-bond donors (Lipinski definition) is 2. The van der Waals surface area contributed by atoms with Crippen LogP contribution in [0.3, 0.4) is 0 Å². The lowest BCUT2D eigenvalue weighted by atomic mass is 9.79. The first-order valence-corrected chi connectivity index (χ1v) is 5.73. The molecule has 0 aliphatic heterocycles.